The highest BCUT2D eigenvalue weighted by Gasteiger charge is 2.28. The van der Waals surface area contributed by atoms with Crippen molar-refractivity contribution in [1.82, 2.24) is 4.90 Å². The van der Waals surface area contributed by atoms with E-state index in [1.54, 1.807) is 0 Å². The first-order chi connectivity index (χ1) is 8.04. The van der Waals surface area contributed by atoms with Crippen LogP contribution in [-0.4, -0.2) is 29.4 Å². The van der Waals surface area contributed by atoms with Crippen molar-refractivity contribution in [3.05, 3.63) is 0 Å². The van der Waals surface area contributed by atoms with Gasteiger partial charge < -0.3 is 5.73 Å². The minimum Gasteiger partial charge on any atom is -0.388 e. The summed E-state index contributed by atoms with van der Waals surface area (Å²) >= 11 is 0. The van der Waals surface area contributed by atoms with Crippen LogP contribution in [0.4, 0.5) is 0 Å². The third-order valence-electron chi connectivity index (χ3n) is 3.77. The maximum atomic E-state index is 7.53. The van der Waals surface area contributed by atoms with Gasteiger partial charge in [-0.15, -0.1) is 0 Å². The van der Waals surface area contributed by atoms with Gasteiger partial charge in [0, 0.05) is 25.0 Å². The second-order valence-electron chi connectivity index (χ2n) is 5.82. The molecule has 0 aromatic carbocycles. The fourth-order valence-corrected chi connectivity index (χ4v) is 3.00. The zero-order valence-corrected chi connectivity index (χ0v) is 11.7. The third-order valence-corrected chi connectivity index (χ3v) is 3.77. The Hall–Kier alpha value is -0.570. The number of nitrogens with two attached hydrogens (primary N) is 1. The lowest BCUT2D eigenvalue weighted by Crippen LogP contribution is -2.45. The molecule has 0 aromatic heterocycles. The molecule has 0 saturated heterocycles. The van der Waals surface area contributed by atoms with Gasteiger partial charge in [0.2, 0.25) is 0 Å². The molecule has 1 unspecified atom stereocenters. The molecule has 1 aliphatic rings. The van der Waals surface area contributed by atoms with Crippen LogP contribution in [0, 0.1) is 11.3 Å². The Labute approximate surface area is 106 Å². The number of nitrogens with one attached hydrogen (secondary N) is 1. The van der Waals surface area contributed by atoms with Gasteiger partial charge in [-0.1, -0.05) is 33.6 Å². The maximum absolute atomic E-state index is 7.53. The third kappa shape index (κ3) is 4.66. The first-order valence-electron chi connectivity index (χ1n) is 7.13. The summed E-state index contributed by atoms with van der Waals surface area (Å²) in [6.45, 7) is 7.93. The van der Waals surface area contributed by atoms with Crippen LogP contribution in [0.15, 0.2) is 0 Å². The summed E-state index contributed by atoms with van der Waals surface area (Å²) in [5.41, 5.74) is 5.59. The Kier molecular flexibility index (Phi) is 5.96. The topological polar surface area (TPSA) is 53.1 Å². The van der Waals surface area contributed by atoms with Crippen LogP contribution in [0.3, 0.4) is 0 Å². The number of nitrogens with zero attached hydrogens (tertiary/aromatic N) is 1. The van der Waals surface area contributed by atoms with Gasteiger partial charge in [0.05, 0.1) is 5.84 Å². The Morgan fingerprint density at radius 1 is 1.35 bits per heavy atom. The minimum absolute atomic E-state index is 0.337. The quantitative estimate of drug-likeness (QED) is 0.530. The van der Waals surface area contributed by atoms with E-state index in [-0.39, 0.29) is 0 Å². The molecule has 100 valence electrons. The normalized spacial score (nSPS) is 19.1. The number of hydrogen-bond donors (Lipinski definition) is 2. The Morgan fingerprint density at radius 3 is 2.35 bits per heavy atom. The van der Waals surface area contributed by atoms with Gasteiger partial charge in [-0.05, 0) is 25.2 Å². The van der Waals surface area contributed by atoms with Crippen molar-refractivity contribution in [2.24, 2.45) is 11.7 Å². The van der Waals surface area contributed by atoms with E-state index in [0.717, 1.165) is 25.4 Å². The largest absolute Gasteiger partial charge is 0.388 e. The SMILES string of the molecule is CCC(CC(=N)N)N(CC(C)C)C1CCCC1. The highest BCUT2D eigenvalue weighted by Crippen LogP contribution is 2.27. The Morgan fingerprint density at radius 2 is 1.94 bits per heavy atom. The molecule has 1 atom stereocenters. The maximum Gasteiger partial charge on any atom is 0.0921 e. The van der Waals surface area contributed by atoms with Crippen molar-refractivity contribution in [2.75, 3.05) is 6.54 Å². The number of amidine groups is 1. The Balaban J connectivity index is 2.67. The highest BCUT2D eigenvalue weighted by molar-refractivity contribution is 5.77. The van der Waals surface area contributed by atoms with Gasteiger partial charge in [0.25, 0.3) is 0 Å². The second-order valence-corrected chi connectivity index (χ2v) is 5.82. The predicted octanol–water partition coefficient (Wildman–Crippen LogP) is 2.99. The molecule has 1 saturated carbocycles. The van der Waals surface area contributed by atoms with Crippen LogP contribution in [0.25, 0.3) is 0 Å². The minimum atomic E-state index is 0.337. The summed E-state index contributed by atoms with van der Waals surface area (Å²) in [4.78, 5) is 2.64. The molecule has 1 rings (SSSR count). The van der Waals surface area contributed by atoms with Gasteiger partial charge in [0.15, 0.2) is 0 Å². The van der Waals surface area contributed by atoms with E-state index >= 15 is 0 Å². The van der Waals surface area contributed by atoms with Gasteiger partial charge in [-0.2, -0.15) is 0 Å². The van der Waals surface area contributed by atoms with Crippen LogP contribution in [0.5, 0.6) is 0 Å². The van der Waals surface area contributed by atoms with Crippen molar-refractivity contribution in [3.8, 4) is 0 Å². The van der Waals surface area contributed by atoms with Crippen molar-refractivity contribution >= 4 is 5.84 Å². The molecule has 1 aliphatic carbocycles. The standard InChI is InChI=1S/C14H29N3/c1-4-12(9-14(15)16)17(10-11(2)3)13-7-5-6-8-13/h11-13H,4-10H2,1-3H3,(H3,15,16). The molecule has 0 amide bonds. The van der Waals surface area contributed by atoms with Crippen LogP contribution >= 0.6 is 0 Å². The van der Waals surface area contributed by atoms with Crippen molar-refractivity contribution < 1.29 is 0 Å². The molecule has 17 heavy (non-hydrogen) atoms. The molecule has 3 N–H and O–H groups in total. The summed E-state index contributed by atoms with van der Waals surface area (Å²) in [7, 11) is 0. The molecular formula is C14H29N3. The van der Waals surface area contributed by atoms with Crippen LogP contribution < -0.4 is 5.73 Å². The summed E-state index contributed by atoms with van der Waals surface area (Å²) in [6.07, 6.45) is 7.25. The zero-order chi connectivity index (χ0) is 12.8. The fourth-order valence-electron chi connectivity index (χ4n) is 3.00. The lowest BCUT2D eigenvalue weighted by Gasteiger charge is -2.37. The van der Waals surface area contributed by atoms with Crippen molar-refractivity contribution in [2.45, 2.75) is 71.4 Å². The smallest absolute Gasteiger partial charge is 0.0921 e. The number of rotatable bonds is 7. The Bertz CT molecular complexity index is 232. The van der Waals surface area contributed by atoms with Gasteiger partial charge in [0.1, 0.15) is 0 Å². The molecule has 1 fully saturated rings. The average Bonchev–Trinajstić information content (AvgIpc) is 2.75. The first-order valence-corrected chi connectivity index (χ1v) is 7.13. The van der Waals surface area contributed by atoms with Crippen molar-refractivity contribution in [1.29, 1.82) is 5.41 Å². The molecule has 0 heterocycles. The summed E-state index contributed by atoms with van der Waals surface area (Å²) in [6, 6.07) is 1.21. The highest BCUT2D eigenvalue weighted by atomic mass is 15.2. The lowest BCUT2D eigenvalue weighted by atomic mass is 10.0. The molecule has 0 aromatic rings. The first kappa shape index (κ1) is 14.5. The van der Waals surface area contributed by atoms with E-state index in [2.05, 4.69) is 25.7 Å². The van der Waals surface area contributed by atoms with E-state index < -0.39 is 0 Å². The second kappa shape index (κ2) is 7.00. The van der Waals surface area contributed by atoms with Gasteiger partial charge in [-0.25, -0.2) is 0 Å². The lowest BCUT2D eigenvalue weighted by molar-refractivity contribution is 0.117. The fraction of sp³-hybridized carbons (Fsp3) is 0.929. The summed E-state index contributed by atoms with van der Waals surface area (Å²) < 4.78 is 0. The molecule has 0 aliphatic heterocycles. The van der Waals surface area contributed by atoms with Crippen LogP contribution in [0.1, 0.15) is 59.3 Å². The van der Waals surface area contributed by atoms with E-state index in [9.17, 15) is 0 Å². The van der Waals surface area contributed by atoms with E-state index in [0.29, 0.717) is 17.8 Å². The molecule has 0 spiro atoms. The van der Waals surface area contributed by atoms with Crippen LogP contribution in [-0.2, 0) is 0 Å². The molecular weight excluding hydrogens is 210 g/mol. The summed E-state index contributed by atoms with van der Waals surface area (Å²) in [5.74, 6) is 1.03. The predicted molar refractivity (Wildman–Crippen MR) is 74.4 cm³/mol. The molecule has 0 radical (unpaired) electrons. The summed E-state index contributed by atoms with van der Waals surface area (Å²) in [5, 5.41) is 7.53. The monoisotopic (exact) mass is 239 g/mol. The van der Waals surface area contributed by atoms with E-state index in [1.165, 1.54) is 25.7 Å². The molecule has 3 nitrogen and oxygen atoms in total. The zero-order valence-electron chi connectivity index (χ0n) is 11.7. The van der Waals surface area contributed by atoms with Gasteiger partial charge >= 0.3 is 0 Å². The molecule has 3 heteroatoms. The average molecular weight is 239 g/mol. The number of hydrogen-bond acceptors (Lipinski definition) is 2. The molecule has 0 bridgehead atoms. The van der Waals surface area contributed by atoms with Crippen LogP contribution in [0.2, 0.25) is 0 Å². The van der Waals surface area contributed by atoms with Gasteiger partial charge in [-0.3, -0.25) is 10.3 Å². The van der Waals surface area contributed by atoms with E-state index in [4.69, 9.17) is 11.1 Å². The van der Waals surface area contributed by atoms with Crippen molar-refractivity contribution in [3.63, 3.8) is 0 Å². The van der Waals surface area contributed by atoms with E-state index in [1.807, 2.05) is 0 Å².